The first-order chi connectivity index (χ1) is 22.6. The molecule has 12 nitrogen and oxygen atoms in total. The molecule has 4 aliphatic rings. The van der Waals surface area contributed by atoms with Gasteiger partial charge < -0.3 is 19.7 Å². The monoisotopic (exact) mass is 648 g/mol. The topological polar surface area (TPSA) is 108 Å². The van der Waals surface area contributed by atoms with E-state index in [1.807, 2.05) is 15.5 Å². The number of hydrogen-bond donors (Lipinski definition) is 1. The average Bonchev–Trinajstić information content (AvgIpc) is 3.59. The largest absolute Gasteiger partial charge is 0.379 e. The highest BCUT2D eigenvalue weighted by Crippen LogP contribution is 2.42. The van der Waals surface area contributed by atoms with Gasteiger partial charge in [0.2, 0.25) is 5.91 Å². The van der Waals surface area contributed by atoms with Gasteiger partial charge >= 0.3 is 0 Å². The summed E-state index contributed by atoms with van der Waals surface area (Å²) in [7, 11) is 0. The number of anilines is 2. The van der Waals surface area contributed by atoms with E-state index in [0.29, 0.717) is 50.3 Å². The number of ether oxygens (including phenoxy) is 2. The van der Waals surface area contributed by atoms with Gasteiger partial charge in [0.1, 0.15) is 12.4 Å². The number of amides is 2. The number of benzene rings is 1. The van der Waals surface area contributed by atoms with E-state index < -0.39 is 5.41 Å². The zero-order valence-corrected chi connectivity index (χ0v) is 27.7. The molecule has 0 radical (unpaired) electrons. The summed E-state index contributed by atoms with van der Waals surface area (Å²) in [5, 5.41) is 8.52. The van der Waals surface area contributed by atoms with Crippen molar-refractivity contribution in [2.75, 3.05) is 82.0 Å². The third-order valence-electron chi connectivity index (χ3n) is 9.99. The standard InChI is InChI=1S/C34H45FN8O4/c1-22-16-40(27(15-36-22)17-39-9-11-46-19-23(39)2)18-29(44)42-21-34(3,4)31-28(42)14-25(13-24-5-7-26(35)8-6-24)32-37-33(38-43(31)32)41-10-12-47-20-30(41)45/h5-8,14,22-23,27,36H,9-13,15-21H2,1-4H3/t22-,23-,27-/m1/s1. The minimum atomic E-state index is -0.434. The Balaban J connectivity index is 1.23. The lowest BCUT2D eigenvalue weighted by Gasteiger charge is -2.43. The van der Waals surface area contributed by atoms with Gasteiger partial charge in [0, 0.05) is 68.2 Å². The van der Waals surface area contributed by atoms with Crippen LogP contribution in [0.15, 0.2) is 30.3 Å². The van der Waals surface area contributed by atoms with Crippen molar-refractivity contribution in [1.82, 2.24) is 29.7 Å². The normalized spacial score (nSPS) is 25.5. The van der Waals surface area contributed by atoms with Crippen molar-refractivity contribution in [1.29, 1.82) is 0 Å². The number of piperazine rings is 1. The van der Waals surface area contributed by atoms with Gasteiger partial charge in [-0.05, 0) is 37.6 Å². The Bertz CT molecular complexity index is 1640. The summed E-state index contributed by atoms with van der Waals surface area (Å²) in [6, 6.07) is 9.28. The highest BCUT2D eigenvalue weighted by Gasteiger charge is 2.43. The van der Waals surface area contributed by atoms with Crippen LogP contribution in [-0.4, -0.2) is 127 Å². The van der Waals surface area contributed by atoms with E-state index in [-0.39, 0.29) is 36.3 Å². The quantitative estimate of drug-likeness (QED) is 0.411. The van der Waals surface area contributed by atoms with Crippen molar-refractivity contribution in [3.63, 3.8) is 0 Å². The molecule has 4 aliphatic heterocycles. The molecule has 2 amide bonds. The van der Waals surface area contributed by atoms with E-state index in [0.717, 1.165) is 61.9 Å². The molecule has 13 heteroatoms. The summed E-state index contributed by atoms with van der Waals surface area (Å²) in [6.45, 7) is 15.0. The van der Waals surface area contributed by atoms with Crippen LogP contribution in [-0.2, 0) is 30.9 Å². The van der Waals surface area contributed by atoms with Crippen LogP contribution in [0.25, 0.3) is 5.65 Å². The SMILES string of the molecule is C[C@@H]1CN(CC(=O)N2CC(C)(C)c3c2cc(Cc2ccc(F)cc2)c2nc(N4CCOCC4=O)nn32)[C@@H](CN2CCOC[C@H]2C)CN1. The first-order valence-corrected chi connectivity index (χ1v) is 16.7. The number of carbonyl (C=O) groups excluding carboxylic acids is 2. The maximum Gasteiger partial charge on any atom is 0.255 e. The fraction of sp³-hybridized carbons (Fsp3) is 0.588. The third-order valence-corrected chi connectivity index (χ3v) is 9.99. The third kappa shape index (κ3) is 6.39. The lowest BCUT2D eigenvalue weighted by molar-refractivity contribution is -0.125. The summed E-state index contributed by atoms with van der Waals surface area (Å²) in [5.41, 5.74) is 3.63. The molecule has 3 aromatic rings. The van der Waals surface area contributed by atoms with Crippen LogP contribution in [0, 0.1) is 5.82 Å². The molecule has 47 heavy (non-hydrogen) atoms. The molecular weight excluding hydrogens is 603 g/mol. The molecule has 0 saturated carbocycles. The number of rotatable bonds is 7. The minimum absolute atomic E-state index is 0.0139. The lowest BCUT2D eigenvalue weighted by atomic mass is 9.90. The van der Waals surface area contributed by atoms with Gasteiger partial charge in [-0.15, -0.1) is 5.10 Å². The Hall–Kier alpha value is -3.49. The Morgan fingerprint density at radius 1 is 1.11 bits per heavy atom. The van der Waals surface area contributed by atoms with Crippen LogP contribution in [0.3, 0.4) is 0 Å². The minimum Gasteiger partial charge on any atom is -0.379 e. The van der Waals surface area contributed by atoms with E-state index in [1.54, 1.807) is 17.0 Å². The number of halogens is 1. The Labute approximate surface area is 274 Å². The summed E-state index contributed by atoms with van der Waals surface area (Å²) in [4.78, 5) is 40.3. The summed E-state index contributed by atoms with van der Waals surface area (Å²) >= 11 is 0. The van der Waals surface area contributed by atoms with Gasteiger partial charge in [0.15, 0.2) is 5.65 Å². The van der Waals surface area contributed by atoms with Crippen LogP contribution in [0.1, 0.15) is 44.5 Å². The van der Waals surface area contributed by atoms with Crippen molar-refractivity contribution < 1.29 is 23.5 Å². The molecule has 0 aliphatic carbocycles. The van der Waals surface area contributed by atoms with Crippen molar-refractivity contribution in [2.45, 2.75) is 57.7 Å². The van der Waals surface area contributed by atoms with E-state index in [1.165, 1.54) is 12.1 Å². The van der Waals surface area contributed by atoms with Gasteiger partial charge in [-0.1, -0.05) is 26.0 Å². The Morgan fingerprint density at radius 3 is 2.66 bits per heavy atom. The highest BCUT2D eigenvalue weighted by atomic mass is 19.1. The van der Waals surface area contributed by atoms with E-state index in [9.17, 15) is 14.0 Å². The number of morpholine rings is 2. The maximum atomic E-state index is 14.4. The molecular formula is C34H45FN8O4. The number of nitrogens with zero attached hydrogens (tertiary/aromatic N) is 7. The zero-order valence-electron chi connectivity index (χ0n) is 27.7. The first kappa shape index (κ1) is 32.1. The molecule has 252 valence electrons. The fourth-order valence-electron chi connectivity index (χ4n) is 7.45. The fourth-order valence-corrected chi connectivity index (χ4v) is 7.45. The van der Waals surface area contributed by atoms with Gasteiger partial charge in [-0.2, -0.15) is 4.98 Å². The second kappa shape index (κ2) is 12.8. The van der Waals surface area contributed by atoms with Crippen LogP contribution >= 0.6 is 0 Å². The van der Waals surface area contributed by atoms with Crippen molar-refractivity contribution in [2.24, 2.45) is 0 Å². The molecule has 6 heterocycles. The number of nitrogens with one attached hydrogen (secondary N) is 1. The summed E-state index contributed by atoms with van der Waals surface area (Å²) in [6.07, 6.45) is 0.462. The maximum absolute atomic E-state index is 14.4. The predicted octanol–water partition coefficient (Wildman–Crippen LogP) is 1.83. The summed E-state index contributed by atoms with van der Waals surface area (Å²) in [5.74, 6) is -0.124. The first-order valence-electron chi connectivity index (χ1n) is 16.7. The van der Waals surface area contributed by atoms with E-state index in [4.69, 9.17) is 19.6 Å². The average molecular weight is 649 g/mol. The van der Waals surface area contributed by atoms with Crippen LogP contribution in [0.4, 0.5) is 16.0 Å². The smallest absolute Gasteiger partial charge is 0.255 e. The Morgan fingerprint density at radius 2 is 1.89 bits per heavy atom. The highest BCUT2D eigenvalue weighted by molar-refractivity contribution is 5.98. The molecule has 1 aromatic carbocycles. The van der Waals surface area contributed by atoms with Crippen LogP contribution < -0.4 is 15.1 Å². The Kier molecular flexibility index (Phi) is 8.77. The van der Waals surface area contributed by atoms with Crippen molar-refractivity contribution in [3.8, 4) is 0 Å². The van der Waals surface area contributed by atoms with E-state index in [2.05, 4.69) is 42.8 Å². The number of carbonyl (C=O) groups is 2. The number of pyridine rings is 1. The van der Waals surface area contributed by atoms with Gasteiger partial charge in [0.05, 0.1) is 44.3 Å². The number of hydrogen-bond acceptors (Lipinski definition) is 9. The molecule has 0 bridgehead atoms. The van der Waals surface area contributed by atoms with Gasteiger partial charge in [-0.3, -0.25) is 24.3 Å². The molecule has 7 rings (SSSR count). The molecule has 0 unspecified atom stereocenters. The molecule has 1 N–H and O–H groups in total. The van der Waals surface area contributed by atoms with Gasteiger partial charge in [0.25, 0.3) is 11.9 Å². The van der Waals surface area contributed by atoms with Crippen LogP contribution in [0.2, 0.25) is 0 Å². The second-order valence-electron chi connectivity index (χ2n) is 14.1. The van der Waals surface area contributed by atoms with Crippen molar-refractivity contribution >= 4 is 29.1 Å². The lowest BCUT2D eigenvalue weighted by Crippen LogP contribution is -2.62. The molecule has 2 aromatic heterocycles. The molecule has 0 spiro atoms. The second-order valence-corrected chi connectivity index (χ2v) is 14.1. The molecule has 3 atom stereocenters. The predicted molar refractivity (Wildman–Crippen MR) is 175 cm³/mol. The molecule has 3 saturated heterocycles. The summed E-state index contributed by atoms with van der Waals surface area (Å²) < 4.78 is 26.6. The number of aromatic nitrogens is 3. The number of fused-ring (bicyclic) bond motifs is 3. The van der Waals surface area contributed by atoms with Crippen LogP contribution in [0.5, 0.6) is 0 Å². The zero-order chi connectivity index (χ0) is 32.9. The van der Waals surface area contributed by atoms with Crippen molar-refractivity contribution in [3.05, 3.63) is 53.0 Å². The molecule has 3 fully saturated rings. The van der Waals surface area contributed by atoms with E-state index >= 15 is 0 Å². The van der Waals surface area contributed by atoms with Gasteiger partial charge in [-0.25, -0.2) is 8.91 Å².